The van der Waals surface area contributed by atoms with Crippen LogP contribution in [0.2, 0.25) is 0 Å². The summed E-state index contributed by atoms with van der Waals surface area (Å²) >= 11 is 0. The first-order chi connectivity index (χ1) is 8.77. The normalized spacial score (nSPS) is 29.6. The zero-order chi connectivity index (χ0) is 12.8. The van der Waals surface area contributed by atoms with E-state index in [9.17, 15) is 4.79 Å². The molecule has 0 spiro atoms. The van der Waals surface area contributed by atoms with Gasteiger partial charge in [-0.2, -0.15) is 0 Å². The number of unbranched alkanes of at least 4 members (excludes halogenated alkanes) is 1. The smallest absolute Gasteiger partial charge is 0.138 e. The maximum atomic E-state index is 12.0. The summed E-state index contributed by atoms with van der Waals surface area (Å²) in [7, 11) is 0. The van der Waals surface area contributed by atoms with Crippen molar-refractivity contribution in [3.8, 4) is 0 Å². The summed E-state index contributed by atoms with van der Waals surface area (Å²) in [5, 5.41) is 0. The molecule has 2 atom stereocenters. The van der Waals surface area contributed by atoms with Crippen molar-refractivity contribution in [2.45, 2.75) is 58.0 Å². The molecule has 0 saturated carbocycles. The van der Waals surface area contributed by atoms with Gasteiger partial charge >= 0.3 is 0 Å². The Morgan fingerprint density at radius 3 is 2.56 bits per heavy atom. The third-order valence-electron chi connectivity index (χ3n) is 4.42. The molecular weight excluding hydrogens is 228 g/mol. The average molecular weight is 254 g/mol. The lowest BCUT2D eigenvalue weighted by molar-refractivity contribution is -0.124. The summed E-state index contributed by atoms with van der Waals surface area (Å²) in [6.45, 7) is 4.65. The van der Waals surface area contributed by atoms with E-state index in [0.29, 0.717) is 5.78 Å². The van der Waals surface area contributed by atoms with Crippen molar-refractivity contribution in [3.05, 3.63) is 0 Å². The van der Waals surface area contributed by atoms with E-state index in [4.69, 9.17) is 9.47 Å². The Morgan fingerprint density at radius 2 is 1.89 bits per heavy atom. The third-order valence-corrected chi connectivity index (χ3v) is 4.42. The van der Waals surface area contributed by atoms with Crippen LogP contribution in [0.4, 0.5) is 0 Å². The number of hydrogen-bond donors (Lipinski definition) is 0. The first kappa shape index (κ1) is 14.0. The average Bonchev–Trinajstić information content (AvgIpc) is 2.82. The maximum absolute atomic E-state index is 12.0. The van der Waals surface area contributed by atoms with Crippen LogP contribution in [-0.2, 0) is 14.3 Å². The largest absolute Gasteiger partial charge is 0.381 e. The number of carbonyl (C=O) groups excluding carboxylic acids is 1. The van der Waals surface area contributed by atoms with E-state index in [1.165, 1.54) is 25.7 Å². The van der Waals surface area contributed by atoms with Crippen LogP contribution < -0.4 is 0 Å². The molecule has 2 aliphatic heterocycles. The topological polar surface area (TPSA) is 35.5 Å². The second-order valence-electron chi connectivity index (χ2n) is 5.74. The highest BCUT2D eigenvalue weighted by molar-refractivity contribution is 5.81. The molecule has 0 radical (unpaired) electrons. The number of Topliss-reactive ketones (excluding diaryl/α,β-unsaturated/α-hetero) is 1. The van der Waals surface area contributed by atoms with E-state index in [-0.39, 0.29) is 12.0 Å². The highest BCUT2D eigenvalue weighted by Gasteiger charge is 2.29. The van der Waals surface area contributed by atoms with Gasteiger partial charge in [-0.3, -0.25) is 4.79 Å². The van der Waals surface area contributed by atoms with E-state index in [1.807, 2.05) is 6.92 Å². The Balaban J connectivity index is 1.56. The van der Waals surface area contributed by atoms with Gasteiger partial charge in [0.2, 0.25) is 0 Å². The maximum Gasteiger partial charge on any atom is 0.138 e. The summed E-state index contributed by atoms with van der Waals surface area (Å²) in [5.74, 6) is 1.43. The van der Waals surface area contributed by atoms with Gasteiger partial charge in [-0.05, 0) is 38.5 Å². The first-order valence-electron chi connectivity index (χ1n) is 7.49. The zero-order valence-corrected chi connectivity index (χ0v) is 11.5. The lowest BCUT2D eigenvalue weighted by Gasteiger charge is -2.21. The van der Waals surface area contributed by atoms with Crippen molar-refractivity contribution in [2.24, 2.45) is 11.8 Å². The van der Waals surface area contributed by atoms with Crippen LogP contribution in [0.15, 0.2) is 0 Å². The lowest BCUT2D eigenvalue weighted by Crippen LogP contribution is -2.21. The minimum Gasteiger partial charge on any atom is -0.381 e. The fraction of sp³-hybridized carbons (Fsp3) is 0.933. The summed E-state index contributed by atoms with van der Waals surface area (Å²) < 4.78 is 10.8. The van der Waals surface area contributed by atoms with Crippen LogP contribution in [0.5, 0.6) is 0 Å². The van der Waals surface area contributed by atoms with E-state index in [2.05, 4.69) is 0 Å². The fourth-order valence-corrected chi connectivity index (χ4v) is 3.11. The minimum atomic E-state index is 0.146. The second-order valence-corrected chi connectivity index (χ2v) is 5.74. The van der Waals surface area contributed by atoms with Crippen LogP contribution >= 0.6 is 0 Å². The van der Waals surface area contributed by atoms with Crippen molar-refractivity contribution in [1.82, 2.24) is 0 Å². The van der Waals surface area contributed by atoms with Crippen molar-refractivity contribution < 1.29 is 14.3 Å². The number of ketones is 1. The van der Waals surface area contributed by atoms with Crippen LogP contribution in [0.25, 0.3) is 0 Å². The molecule has 2 fully saturated rings. The van der Waals surface area contributed by atoms with Gasteiger partial charge in [0, 0.05) is 32.2 Å². The van der Waals surface area contributed by atoms with Crippen molar-refractivity contribution in [3.63, 3.8) is 0 Å². The molecule has 2 rings (SSSR count). The molecule has 2 saturated heterocycles. The standard InChI is InChI=1S/C15H26O3/c1-12-14(8-11-18-12)15(16)5-3-2-4-13-6-9-17-10-7-13/h12-14H,2-11H2,1H3. The van der Waals surface area contributed by atoms with Gasteiger partial charge < -0.3 is 9.47 Å². The zero-order valence-electron chi connectivity index (χ0n) is 11.5. The molecule has 2 heterocycles. The Bertz CT molecular complexity index is 258. The summed E-state index contributed by atoms with van der Waals surface area (Å²) in [5.41, 5.74) is 0. The quantitative estimate of drug-likeness (QED) is 0.684. The molecular formula is C15H26O3. The van der Waals surface area contributed by atoms with Gasteiger partial charge in [0.25, 0.3) is 0 Å². The Morgan fingerprint density at radius 1 is 1.11 bits per heavy atom. The molecule has 0 N–H and O–H groups in total. The molecule has 18 heavy (non-hydrogen) atoms. The SMILES string of the molecule is CC1OCCC1C(=O)CCCCC1CCOCC1. The molecule has 2 aliphatic rings. The monoisotopic (exact) mass is 254 g/mol. The molecule has 0 aromatic carbocycles. The number of rotatable bonds is 6. The summed E-state index contributed by atoms with van der Waals surface area (Å²) in [6.07, 6.45) is 7.77. The molecule has 0 aromatic rings. The van der Waals surface area contributed by atoms with Crippen LogP contribution in [0, 0.1) is 11.8 Å². The van der Waals surface area contributed by atoms with Gasteiger partial charge in [0.05, 0.1) is 6.10 Å². The predicted octanol–water partition coefficient (Wildman–Crippen LogP) is 2.97. The van der Waals surface area contributed by atoms with Gasteiger partial charge in [-0.25, -0.2) is 0 Å². The van der Waals surface area contributed by atoms with E-state index in [1.54, 1.807) is 0 Å². The molecule has 2 unspecified atom stereocenters. The van der Waals surface area contributed by atoms with Crippen LogP contribution in [0.1, 0.15) is 51.9 Å². The van der Waals surface area contributed by atoms with E-state index >= 15 is 0 Å². The van der Waals surface area contributed by atoms with Crippen molar-refractivity contribution >= 4 is 5.78 Å². The fourth-order valence-electron chi connectivity index (χ4n) is 3.11. The summed E-state index contributed by atoms with van der Waals surface area (Å²) in [4.78, 5) is 12.0. The number of ether oxygens (including phenoxy) is 2. The number of hydrogen-bond acceptors (Lipinski definition) is 3. The van der Waals surface area contributed by atoms with Gasteiger partial charge in [-0.1, -0.05) is 12.8 Å². The Labute approximate surface area is 110 Å². The van der Waals surface area contributed by atoms with Gasteiger partial charge in [0.1, 0.15) is 5.78 Å². The lowest BCUT2D eigenvalue weighted by atomic mass is 9.91. The van der Waals surface area contributed by atoms with Gasteiger partial charge in [0.15, 0.2) is 0 Å². The molecule has 0 aliphatic carbocycles. The van der Waals surface area contributed by atoms with E-state index in [0.717, 1.165) is 45.0 Å². The molecule has 0 aromatic heterocycles. The molecule has 104 valence electrons. The van der Waals surface area contributed by atoms with Crippen LogP contribution in [-0.4, -0.2) is 31.7 Å². The first-order valence-corrected chi connectivity index (χ1v) is 7.49. The number of carbonyl (C=O) groups is 1. The second kappa shape index (κ2) is 7.25. The van der Waals surface area contributed by atoms with Crippen LogP contribution in [0.3, 0.4) is 0 Å². The Hall–Kier alpha value is -0.410. The highest BCUT2D eigenvalue weighted by atomic mass is 16.5. The Kier molecular flexibility index (Phi) is 5.64. The molecule has 3 heteroatoms. The molecule has 0 amide bonds. The molecule has 0 bridgehead atoms. The van der Waals surface area contributed by atoms with Gasteiger partial charge in [-0.15, -0.1) is 0 Å². The van der Waals surface area contributed by atoms with Crippen molar-refractivity contribution in [1.29, 1.82) is 0 Å². The highest BCUT2D eigenvalue weighted by Crippen LogP contribution is 2.25. The third kappa shape index (κ3) is 4.06. The molecule has 3 nitrogen and oxygen atoms in total. The predicted molar refractivity (Wildman–Crippen MR) is 70.5 cm³/mol. The summed E-state index contributed by atoms with van der Waals surface area (Å²) in [6, 6.07) is 0. The van der Waals surface area contributed by atoms with Crippen molar-refractivity contribution in [2.75, 3.05) is 19.8 Å². The minimum absolute atomic E-state index is 0.146. The van der Waals surface area contributed by atoms with E-state index < -0.39 is 0 Å².